The zero-order valence-electron chi connectivity index (χ0n) is 15.0. The number of halogens is 3. The van der Waals surface area contributed by atoms with Gasteiger partial charge in [0.25, 0.3) is 0 Å². The molecule has 0 radical (unpaired) electrons. The highest BCUT2D eigenvalue weighted by Crippen LogP contribution is 2.31. The Morgan fingerprint density at radius 1 is 1.07 bits per heavy atom. The Labute approximate surface area is 154 Å². The average molecular weight is 377 g/mol. The van der Waals surface area contributed by atoms with Gasteiger partial charge in [-0.15, -0.1) is 0 Å². The van der Waals surface area contributed by atoms with Gasteiger partial charge in [0.05, 0.1) is 18.4 Å². The fourth-order valence-corrected chi connectivity index (χ4v) is 2.02. The maximum atomic E-state index is 12.7. The molecule has 0 atom stereocenters. The highest BCUT2D eigenvalue weighted by atomic mass is 19.4. The molecule has 1 aromatic carbocycles. The number of nitrogens with zero attached hydrogens (tertiary/aromatic N) is 3. The molecule has 8 heteroatoms. The number of aromatic nitrogens is 3. The number of hydrogen-bond acceptors (Lipinski definition) is 5. The van der Waals surface area contributed by atoms with E-state index >= 15 is 0 Å². The van der Waals surface area contributed by atoms with Crippen LogP contribution in [0.3, 0.4) is 0 Å². The molecule has 1 aromatic heterocycles. The van der Waals surface area contributed by atoms with Gasteiger partial charge in [0, 0.05) is 11.1 Å². The summed E-state index contributed by atoms with van der Waals surface area (Å²) in [4.78, 5) is 11.8. The molecule has 0 unspecified atom stereocenters. The van der Waals surface area contributed by atoms with Crippen molar-refractivity contribution in [2.24, 2.45) is 0 Å². The van der Waals surface area contributed by atoms with E-state index in [9.17, 15) is 18.3 Å². The van der Waals surface area contributed by atoms with Crippen molar-refractivity contribution in [3.63, 3.8) is 0 Å². The molecule has 142 valence electrons. The van der Waals surface area contributed by atoms with Gasteiger partial charge in [0.15, 0.2) is 11.6 Å². The standard InChI is InChI=1S/C19H18F3N3O2/c1-11(5-6-12(2)27-4)13(3)16-23-17(25-18(26)24-16)14-7-9-15(10-8-14)19(20,21)22/h5-10H,3H2,1-2,4H3,(H,23,24,25,26)/b11-5-,12-6+. The molecular weight excluding hydrogens is 359 g/mol. The normalized spacial score (nSPS) is 12.8. The van der Waals surface area contributed by atoms with E-state index in [-0.39, 0.29) is 11.6 Å². The van der Waals surface area contributed by atoms with Crippen molar-refractivity contribution in [1.82, 2.24) is 15.0 Å². The molecule has 0 spiro atoms. The summed E-state index contributed by atoms with van der Waals surface area (Å²) in [7, 11) is 1.55. The predicted octanol–water partition coefficient (Wildman–Crippen LogP) is 4.77. The first-order valence-corrected chi connectivity index (χ1v) is 7.83. The van der Waals surface area contributed by atoms with Gasteiger partial charge in [-0.1, -0.05) is 24.8 Å². The Kier molecular flexibility index (Phi) is 5.99. The van der Waals surface area contributed by atoms with Crippen molar-refractivity contribution in [3.8, 4) is 17.4 Å². The van der Waals surface area contributed by atoms with E-state index < -0.39 is 17.8 Å². The SMILES string of the molecule is C=C(/C(C)=C\C=C(/C)OC)c1nc(O)nc(-c2ccc(C(F)(F)F)cc2)n1. The molecule has 0 saturated carbocycles. The summed E-state index contributed by atoms with van der Waals surface area (Å²) in [6.07, 6.45) is -0.951. The Hall–Kier alpha value is -3.16. The molecule has 1 N–H and O–H groups in total. The first-order valence-electron chi connectivity index (χ1n) is 7.83. The molecule has 0 amide bonds. The number of rotatable bonds is 5. The Balaban J connectivity index is 2.37. The number of methoxy groups -OCH3 is 1. The van der Waals surface area contributed by atoms with Gasteiger partial charge in [-0.05, 0) is 37.6 Å². The van der Waals surface area contributed by atoms with Crippen LogP contribution < -0.4 is 0 Å². The van der Waals surface area contributed by atoms with Crippen LogP contribution in [0.2, 0.25) is 0 Å². The zero-order valence-corrected chi connectivity index (χ0v) is 15.0. The average Bonchev–Trinajstić information content (AvgIpc) is 2.64. The van der Waals surface area contributed by atoms with Crippen LogP contribution in [0.25, 0.3) is 17.0 Å². The van der Waals surface area contributed by atoms with Crippen molar-refractivity contribution >= 4 is 5.57 Å². The van der Waals surface area contributed by atoms with Crippen LogP contribution in [0.15, 0.2) is 54.3 Å². The van der Waals surface area contributed by atoms with Gasteiger partial charge in [0.1, 0.15) is 0 Å². The lowest BCUT2D eigenvalue weighted by Gasteiger charge is -2.09. The maximum Gasteiger partial charge on any atom is 0.416 e. The van der Waals surface area contributed by atoms with E-state index in [1.807, 2.05) is 0 Å². The summed E-state index contributed by atoms with van der Waals surface area (Å²) >= 11 is 0. The van der Waals surface area contributed by atoms with Crippen LogP contribution in [0.1, 0.15) is 25.2 Å². The minimum Gasteiger partial charge on any atom is -0.501 e. The van der Waals surface area contributed by atoms with Gasteiger partial charge < -0.3 is 9.84 Å². The molecule has 5 nitrogen and oxygen atoms in total. The first-order chi connectivity index (χ1) is 12.6. The van der Waals surface area contributed by atoms with E-state index in [1.54, 1.807) is 33.1 Å². The largest absolute Gasteiger partial charge is 0.501 e. The smallest absolute Gasteiger partial charge is 0.416 e. The number of allylic oxidation sites excluding steroid dienone is 5. The van der Waals surface area contributed by atoms with E-state index in [1.165, 1.54) is 12.1 Å². The summed E-state index contributed by atoms with van der Waals surface area (Å²) in [5, 5.41) is 9.79. The summed E-state index contributed by atoms with van der Waals surface area (Å²) in [5.74, 6) is 0.851. The molecule has 0 saturated heterocycles. The van der Waals surface area contributed by atoms with Gasteiger partial charge in [-0.25, -0.2) is 4.98 Å². The van der Waals surface area contributed by atoms with Crippen LogP contribution in [-0.2, 0) is 10.9 Å². The van der Waals surface area contributed by atoms with E-state index in [4.69, 9.17) is 4.74 Å². The molecule has 2 rings (SSSR count). The van der Waals surface area contributed by atoms with Gasteiger partial charge in [-0.3, -0.25) is 0 Å². The lowest BCUT2D eigenvalue weighted by Crippen LogP contribution is -2.04. The van der Waals surface area contributed by atoms with Crippen molar-refractivity contribution in [2.45, 2.75) is 20.0 Å². The molecule has 0 aliphatic heterocycles. The number of hydrogen-bond donors (Lipinski definition) is 1. The van der Waals surface area contributed by atoms with Crippen LogP contribution in [-0.4, -0.2) is 27.2 Å². The van der Waals surface area contributed by atoms with Gasteiger partial charge >= 0.3 is 12.2 Å². The van der Waals surface area contributed by atoms with Crippen LogP contribution in [0.5, 0.6) is 6.01 Å². The summed E-state index contributed by atoms with van der Waals surface area (Å²) < 4.78 is 43.1. The summed E-state index contributed by atoms with van der Waals surface area (Å²) in [6.45, 7) is 7.46. The maximum absolute atomic E-state index is 12.7. The van der Waals surface area contributed by atoms with Crippen LogP contribution >= 0.6 is 0 Å². The number of aromatic hydroxyl groups is 1. The van der Waals surface area contributed by atoms with Gasteiger partial charge in [0.2, 0.25) is 0 Å². The highest BCUT2D eigenvalue weighted by molar-refractivity contribution is 5.74. The van der Waals surface area contributed by atoms with Crippen LogP contribution in [0, 0.1) is 0 Å². The molecule has 1 heterocycles. The second kappa shape index (κ2) is 8.03. The lowest BCUT2D eigenvalue weighted by atomic mass is 10.1. The van der Waals surface area contributed by atoms with E-state index in [0.29, 0.717) is 16.9 Å². The third-order valence-corrected chi connectivity index (χ3v) is 3.73. The Bertz CT molecular complexity index is 901. The summed E-state index contributed by atoms with van der Waals surface area (Å²) in [6, 6.07) is 3.77. The molecule has 2 aromatic rings. The van der Waals surface area contributed by atoms with Crippen molar-refractivity contribution in [1.29, 1.82) is 0 Å². The number of alkyl halides is 3. The second-order valence-electron chi connectivity index (χ2n) is 5.67. The summed E-state index contributed by atoms with van der Waals surface area (Å²) in [5.41, 5.74) is 0.677. The third kappa shape index (κ3) is 5.16. The van der Waals surface area contributed by atoms with Gasteiger partial charge in [-0.2, -0.15) is 23.1 Å². The predicted molar refractivity (Wildman–Crippen MR) is 95.5 cm³/mol. The van der Waals surface area contributed by atoms with Crippen molar-refractivity contribution in [3.05, 3.63) is 65.7 Å². The minimum atomic E-state index is -4.44. The topological polar surface area (TPSA) is 68.1 Å². The van der Waals surface area contributed by atoms with Crippen LogP contribution in [0.4, 0.5) is 13.2 Å². The fourth-order valence-electron chi connectivity index (χ4n) is 2.02. The Morgan fingerprint density at radius 3 is 2.26 bits per heavy atom. The number of ether oxygens (including phenoxy) is 1. The lowest BCUT2D eigenvalue weighted by molar-refractivity contribution is -0.137. The molecule has 0 aliphatic rings. The van der Waals surface area contributed by atoms with Crippen molar-refractivity contribution < 1.29 is 23.0 Å². The highest BCUT2D eigenvalue weighted by Gasteiger charge is 2.30. The monoisotopic (exact) mass is 377 g/mol. The fraction of sp³-hybridized carbons (Fsp3) is 0.211. The molecule has 0 aliphatic carbocycles. The Morgan fingerprint density at radius 2 is 1.70 bits per heavy atom. The van der Waals surface area contributed by atoms with E-state index in [0.717, 1.165) is 17.7 Å². The van der Waals surface area contributed by atoms with Crippen molar-refractivity contribution in [2.75, 3.05) is 7.11 Å². The molecular formula is C19H18F3N3O2. The minimum absolute atomic E-state index is 0.0452. The van der Waals surface area contributed by atoms with E-state index in [2.05, 4.69) is 21.5 Å². The first kappa shape index (κ1) is 20.2. The zero-order chi connectivity index (χ0) is 20.2. The third-order valence-electron chi connectivity index (χ3n) is 3.73. The second-order valence-corrected chi connectivity index (χ2v) is 5.67. The molecule has 27 heavy (non-hydrogen) atoms. The molecule has 0 fully saturated rings. The quantitative estimate of drug-likeness (QED) is 0.600. The number of benzene rings is 1. The molecule has 0 bridgehead atoms.